The lowest BCUT2D eigenvalue weighted by Gasteiger charge is -2.36. The van der Waals surface area contributed by atoms with Crippen molar-refractivity contribution in [1.82, 2.24) is 0 Å². The van der Waals surface area contributed by atoms with Crippen LogP contribution in [0.25, 0.3) is 0 Å². The first-order chi connectivity index (χ1) is 12.7. The molecule has 1 aromatic heterocycles. The number of carbonyl (C=O) groups excluding carboxylic acids is 2. The summed E-state index contributed by atoms with van der Waals surface area (Å²) in [5, 5.41) is 3.78. The van der Waals surface area contributed by atoms with Crippen molar-refractivity contribution >= 4 is 39.8 Å². The summed E-state index contributed by atoms with van der Waals surface area (Å²) in [6.07, 6.45) is 3.88. The maximum Gasteiger partial charge on any atom is 0.257 e. The van der Waals surface area contributed by atoms with E-state index in [1.165, 1.54) is 11.3 Å². The van der Waals surface area contributed by atoms with E-state index in [0.717, 1.165) is 36.1 Å². The van der Waals surface area contributed by atoms with Crippen molar-refractivity contribution in [2.45, 2.75) is 46.5 Å². The van der Waals surface area contributed by atoms with Crippen LogP contribution in [0.2, 0.25) is 5.02 Å². The second kappa shape index (κ2) is 7.64. The molecule has 0 bridgehead atoms. The number of benzene rings is 1. The molecule has 27 heavy (non-hydrogen) atoms. The second-order valence-electron chi connectivity index (χ2n) is 7.79. The summed E-state index contributed by atoms with van der Waals surface area (Å²) in [6.45, 7) is 6.81. The summed E-state index contributed by atoms with van der Waals surface area (Å²) >= 11 is 7.60. The highest BCUT2D eigenvalue weighted by Gasteiger charge is 2.35. The monoisotopic (exact) mass is 404 g/mol. The van der Waals surface area contributed by atoms with E-state index < -0.39 is 5.91 Å². The topological polar surface area (TPSA) is 72.2 Å². The van der Waals surface area contributed by atoms with Gasteiger partial charge in [0, 0.05) is 4.88 Å². The Bertz CT molecular complexity index is 888. The molecule has 1 atom stereocenters. The van der Waals surface area contributed by atoms with Gasteiger partial charge in [-0.3, -0.25) is 9.59 Å². The first kappa shape index (κ1) is 19.9. The molecule has 2 amide bonds. The van der Waals surface area contributed by atoms with Crippen molar-refractivity contribution in [3.05, 3.63) is 50.9 Å². The minimum atomic E-state index is -0.491. The molecule has 4 nitrogen and oxygen atoms in total. The Labute approximate surface area is 169 Å². The van der Waals surface area contributed by atoms with Crippen molar-refractivity contribution in [3.63, 3.8) is 0 Å². The van der Waals surface area contributed by atoms with Gasteiger partial charge in [0.2, 0.25) is 0 Å². The zero-order valence-corrected chi connectivity index (χ0v) is 17.5. The van der Waals surface area contributed by atoms with E-state index >= 15 is 0 Å². The molecule has 1 unspecified atom stereocenters. The molecule has 0 fully saturated rings. The van der Waals surface area contributed by atoms with Gasteiger partial charge in [-0.05, 0) is 48.3 Å². The number of primary amides is 1. The molecule has 2 aromatic rings. The molecule has 0 saturated carbocycles. The average Bonchev–Trinajstić information content (AvgIpc) is 2.99. The second-order valence-corrected chi connectivity index (χ2v) is 9.30. The van der Waals surface area contributed by atoms with Gasteiger partial charge < -0.3 is 11.1 Å². The molecule has 1 aromatic carbocycles. The molecular weight excluding hydrogens is 380 g/mol. The van der Waals surface area contributed by atoms with Crippen LogP contribution in [0.1, 0.15) is 64.8 Å². The minimum Gasteiger partial charge on any atom is -0.365 e. The zero-order chi connectivity index (χ0) is 19.8. The molecule has 0 saturated heterocycles. The Morgan fingerprint density at radius 1 is 1.33 bits per heavy atom. The molecule has 0 aliphatic heterocycles. The smallest absolute Gasteiger partial charge is 0.257 e. The van der Waals surface area contributed by atoms with Gasteiger partial charge in [-0.15, -0.1) is 11.3 Å². The summed E-state index contributed by atoms with van der Waals surface area (Å²) in [6, 6.07) is 6.86. The highest BCUT2D eigenvalue weighted by atomic mass is 35.5. The van der Waals surface area contributed by atoms with E-state index in [-0.39, 0.29) is 11.3 Å². The van der Waals surface area contributed by atoms with Gasteiger partial charge in [0.25, 0.3) is 11.8 Å². The van der Waals surface area contributed by atoms with Crippen LogP contribution in [0.15, 0.2) is 24.3 Å². The number of carbonyl (C=O) groups is 2. The van der Waals surface area contributed by atoms with Crippen molar-refractivity contribution in [3.8, 4) is 0 Å². The van der Waals surface area contributed by atoms with Crippen LogP contribution in [-0.4, -0.2) is 11.8 Å². The summed E-state index contributed by atoms with van der Waals surface area (Å²) in [5.74, 6) is -0.260. The molecular formula is C21H25ClN2O2S. The summed E-state index contributed by atoms with van der Waals surface area (Å²) < 4.78 is 0. The number of fused-ring (bicyclic) bond motifs is 1. The fraction of sp³-hybridized carbons (Fsp3) is 0.429. The maximum atomic E-state index is 12.7. The molecule has 6 heteroatoms. The van der Waals surface area contributed by atoms with Gasteiger partial charge in [-0.2, -0.15) is 0 Å². The fourth-order valence-corrected chi connectivity index (χ4v) is 5.26. The normalized spacial score (nSPS) is 16.7. The van der Waals surface area contributed by atoms with Crippen LogP contribution in [0.5, 0.6) is 0 Å². The summed E-state index contributed by atoms with van der Waals surface area (Å²) in [7, 11) is 0. The van der Waals surface area contributed by atoms with Gasteiger partial charge in [0.1, 0.15) is 5.00 Å². The summed E-state index contributed by atoms with van der Waals surface area (Å²) in [4.78, 5) is 25.9. The van der Waals surface area contributed by atoms with Gasteiger partial charge >= 0.3 is 0 Å². The molecule has 1 aliphatic carbocycles. The van der Waals surface area contributed by atoms with E-state index in [9.17, 15) is 9.59 Å². The lowest BCUT2D eigenvalue weighted by atomic mass is 9.69. The minimum absolute atomic E-state index is 0.246. The van der Waals surface area contributed by atoms with Crippen LogP contribution in [-0.2, 0) is 12.8 Å². The number of nitrogens with two attached hydrogens (primary N) is 1. The number of rotatable bonds is 5. The fourth-order valence-electron chi connectivity index (χ4n) is 3.71. The Morgan fingerprint density at radius 2 is 2.04 bits per heavy atom. The largest absolute Gasteiger partial charge is 0.365 e. The molecule has 0 radical (unpaired) electrons. The molecule has 1 aliphatic rings. The zero-order valence-electron chi connectivity index (χ0n) is 15.9. The third-order valence-electron chi connectivity index (χ3n) is 5.87. The standard InChI is InChI=1S/C21H25ClN2O2S/c1-4-21(2,3)12-9-10-14-16(11-12)27-20(17(14)18(23)25)24-19(26)13-7-5-6-8-15(13)22/h5-8,12H,4,9-11H2,1-3H3,(H2,23,25)(H,24,26). The average molecular weight is 405 g/mol. The van der Waals surface area contributed by atoms with Crippen LogP contribution < -0.4 is 11.1 Å². The third kappa shape index (κ3) is 3.90. The first-order valence-corrected chi connectivity index (χ1v) is 10.4. The lowest BCUT2D eigenvalue weighted by molar-refractivity contribution is 0.0999. The molecule has 144 valence electrons. The predicted octanol–water partition coefficient (Wildman–Crippen LogP) is 5.29. The van der Waals surface area contributed by atoms with Crippen molar-refractivity contribution in [2.24, 2.45) is 17.1 Å². The van der Waals surface area contributed by atoms with E-state index in [2.05, 4.69) is 26.1 Å². The number of amides is 2. The van der Waals surface area contributed by atoms with Gasteiger partial charge in [0.05, 0.1) is 16.1 Å². The van der Waals surface area contributed by atoms with E-state index in [4.69, 9.17) is 17.3 Å². The number of nitrogens with one attached hydrogen (secondary N) is 1. The Kier molecular flexibility index (Phi) is 5.63. The van der Waals surface area contributed by atoms with Gasteiger partial charge in [-0.25, -0.2) is 0 Å². The maximum absolute atomic E-state index is 12.7. The number of halogens is 1. The van der Waals surface area contributed by atoms with Crippen molar-refractivity contribution < 1.29 is 9.59 Å². The van der Waals surface area contributed by atoms with E-state index in [1.807, 2.05) is 0 Å². The first-order valence-electron chi connectivity index (χ1n) is 9.24. The van der Waals surface area contributed by atoms with Gasteiger partial charge in [0.15, 0.2) is 0 Å². The third-order valence-corrected chi connectivity index (χ3v) is 7.37. The van der Waals surface area contributed by atoms with Crippen LogP contribution in [0.4, 0.5) is 5.00 Å². The predicted molar refractivity (Wildman–Crippen MR) is 112 cm³/mol. The SMILES string of the molecule is CCC(C)(C)C1CCc2c(sc(NC(=O)c3ccccc3Cl)c2C(N)=O)C1. The molecule has 0 spiro atoms. The Morgan fingerprint density at radius 3 is 2.67 bits per heavy atom. The number of hydrogen-bond acceptors (Lipinski definition) is 3. The van der Waals surface area contributed by atoms with E-state index in [1.54, 1.807) is 24.3 Å². The van der Waals surface area contributed by atoms with Crippen molar-refractivity contribution in [1.29, 1.82) is 0 Å². The van der Waals surface area contributed by atoms with Crippen LogP contribution >= 0.6 is 22.9 Å². The lowest BCUT2D eigenvalue weighted by Crippen LogP contribution is -2.29. The highest BCUT2D eigenvalue weighted by Crippen LogP contribution is 2.45. The number of thiophene rings is 1. The van der Waals surface area contributed by atoms with E-state index in [0.29, 0.717) is 27.1 Å². The number of anilines is 1. The highest BCUT2D eigenvalue weighted by molar-refractivity contribution is 7.17. The van der Waals surface area contributed by atoms with Crippen molar-refractivity contribution in [2.75, 3.05) is 5.32 Å². The quantitative estimate of drug-likeness (QED) is 0.710. The Hall–Kier alpha value is -1.85. The van der Waals surface area contributed by atoms with Crippen LogP contribution in [0, 0.1) is 11.3 Å². The molecule has 3 N–H and O–H groups in total. The number of hydrogen-bond donors (Lipinski definition) is 2. The Balaban J connectivity index is 1.93. The molecule has 3 rings (SSSR count). The summed E-state index contributed by atoms with van der Waals surface area (Å²) in [5.41, 5.74) is 7.76. The van der Waals surface area contributed by atoms with Crippen LogP contribution in [0.3, 0.4) is 0 Å². The van der Waals surface area contributed by atoms with Gasteiger partial charge in [-0.1, -0.05) is 50.9 Å². The molecule has 1 heterocycles.